The van der Waals surface area contributed by atoms with Crippen LogP contribution in [0.5, 0.6) is 0 Å². The lowest BCUT2D eigenvalue weighted by molar-refractivity contribution is -0.129. The summed E-state index contributed by atoms with van der Waals surface area (Å²) in [4.78, 5) is 19.7. The van der Waals surface area contributed by atoms with Crippen LogP contribution in [0.25, 0.3) is 11.4 Å². The molecule has 1 saturated heterocycles. The molecule has 6 nitrogen and oxygen atoms in total. The van der Waals surface area contributed by atoms with Crippen molar-refractivity contribution in [3.8, 4) is 11.4 Å². The van der Waals surface area contributed by atoms with Crippen molar-refractivity contribution in [3.63, 3.8) is 0 Å². The third kappa shape index (κ3) is 3.11. The van der Waals surface area contributed by atoms with Gasteiger partial charge in [0.05, 0.1) is 11.6 Å². The van der Waals surface area contributed by atoms with Crippen molar-refractivity contribution in [2.24, 2.45) is 0 Å². The van der Waals surface area contributed by atoms with Gasteiger partial charge in [-0.2, -0.15) is 4.98 Å². The molecule has 1 aliphatic heterocycles. The average molecular weight is 332 g/mol. The Balaban J connectivity index is 1.77. The molecular weight excluding hydrogens is 311 g/mol. The van der Waals surface area contributed by atoms with Crippen LogP contribution < -0.4 is 4.90 Å². The zero-order valence-corrected chi connectivity index (χ0v) is 14.1. The molecule has 0 spiro atoms. The highest BCUT2D eigenvalue weighted by atomic mass is 19.1. The number of hydrogen-bond acceptors (Lipinski definition) is 5. The van der Waals surface area contributed by atoms with Crippen molar-refractivity contribution in [3.05, 3.63) is 29.9 Å². The normalized spacial score (nSPS) is 17.3. The molecule has 2 aromatic rings. The van der Waals surface area contributed by atoms with Gasteiger partial charge in [0, 0.05) is 39.2 Å². The summed E-state index contributed by atoms with van der Waals surface area (Å²) in [6.45, 7) is 3.16. The predicted molar refractivity (Wildman–Crippen MR) is 88.2 cm³/mol. The minimum absolute atomic E-state index is 0.0487. The average Bonchev–Trinajstić information content (AvgIpc) is 3.22. The summed E-state index contributed by atoms with van der Waals surface area (Å²) in [6, 6.07) is 4.87. The van der Waals surface area contributed by atoms with E-state index in [9.17, 15) is 9.18 Å². The number of anilines is 1. The summed E-state index contributed by atoms with van der Waals surface area (Å²) in [6.07, 6.45) is 1.31. The Morgan fingerprint density at radius 1 is 1.46 bits per heavy atom. The fourth-order valence-corrected chi connectivity index (χ4v) is 2.94. The molecule has 24 heavy (non-hydrogen) atoms. The zero-order valence-electron chi connectivity index (χ0n) is 14.1. The minimum Gasteiger partial charge on any atom is -0.375 e. The van der Waals surface area contributed by atoms with Crippen LogP contribution in [0.4, 0.5) is 10.1 Å². The molecule has 2 heterocycles. The molecule has 1 aromatic heterocycles. The predicted octanol–water partition coefficient (Wildman–Crippen LogP) is 2.67. The number of nitrogens with zero attached hydrogens (tertiary/aromatic N) is 4. The molecule has 0 N–H and O–H groups in total. The Hall–Kier alpha value is -2.44. The van der Waals surface area contributed by atoms with E-state index in [1.165, 1.54) is 6.07 Å². The van der Waals surface area contributed by atoms with Gasteiger partial charge in [-0.15, -0.1) is 0 Å². The molecule has 1 fully saturated rings. The molecule has 1 aliphatic rings. The largest absolute Gasteiger partial charge is 0.375 e. The van der Waals surface area contributed by atoms with E-state index in [-0.39, 0.29) is 17.6 Å². The molecule has 0 saturated carbocycles. The maximum Gasteiger partial charge on any atom is 0.231 e. The molecule has 0 aliphatic carbocycles. The molecular formula is C17H21FN4O2. The van der Waals surface area contributed by atoms with Crippen molar-refractivity contribution >= 4 is 11.6 Å². The Labute approximate surface area is 140 Å². The molecule has 1 amide bonds. The first-order chi connectivity index (χ1) is 11.5. The second-order valence-electron chi connectivity index (χ2n) is 6.20. The SMILES string of the molecule is CCC(=O)N1CC[C@H](c2nc(-c3ccc(N(C)C)c(F)c3)no2)C1. The topological polar surface area (TPSA) is 62.5 Å². The van der Waals surface area contributed by atoms with Gasteiger partial charge in [-0.25, -0.2) is 4.39 Å². The second-order valence-corrected chi connectivity index (χ2v) is 6.20. The van der Waals surface area contributed by atoms with Crippen LogP contribution in [0.15, 0.2) is 22.7 Å². The molecule has 0 unspecified atom stereocenters. The number of rotatable bonds is 4. The van der Waals surface area contributed by atoms with Crippen LogP contribution >= 0.6 is 0 Å². The highest BCUT2D eigenvalue weighted by molar-refractivity contribution is 5.76. The standard InChI is InChI=1S/C17H21FN4O2/c1-4-15(23)22-8-7-12(10-22)17-19-16(20-24-17)11-5-6-14(21(2)3)13(18)9-11/h5-6,9,12H,4,7-8,10H2,1-3H3/t12-/m0/s1. The summed E-state index contributed by atoms with van der Waals surface area (Å²) in [5.41, 5.74) is 1.08. The summed E-state index contributed by atoms with van der Waals surface area (Å²) in [5.74, 6) is 0.735. The van der Waals surface area contributed by atoms with E-state index in [0.717, 1.165) is 6.42 Å². The van der Waals surface area contributed by atoms with Crippen molar-refractivity contribution in [1.82, 2.24) is 15.0 Å². The Morgan fingerprint density at radius 3 is 2.92 bits per heavy atom. The number of carbonyl (C=O) groups excluding carboxylic acids is 1. The van der Waals surface area contributed by atoms with E-state index in [4.69, 9.17) is 4.52 Å². The molecule has 0 radical (unpaired) electrons. The van der Waals surface area contributed by atoms with Crippen LogP contribution in [0.1, 0.15) is 31.6 Å². The fraction of sp³-hybridized carbons (Fsp3) is 0.471. The van der Waals surface area contributed by atoms with Gasteiger partial charge >= 0.3 is 0 Å². The van der Waals surface area contributed by atoms with Gasteiger partial charge in [-0.05, 0) is 24.6 Å². The van der Waals surface area contributed by atoms with E-state index in [2.05, 4.69) is 10.1 Å². The van der Waals surface area contributed by atoms with Gasteiger partial charge in [0.15, 0.2) is 0 Å². The van der Waals surface area contributed by atoms with E-state index < -0.39 is 0 Å². The number of carbonyl (C=O) groups is 1. The van der Waals surface area contributed by atoms with Gasteiger partial charge in [-0.3, -0.25) is 4.79 Å². The zero-order chi connectivity index (χ0) is 17.3. The van der Waals surface area contributed by atoms with E-state index in [1.807, 2.05) is 11.8 Å². The Morgan fingerprint density at radius 2 is 2.25 bits per heavy atom. The van der Waals surface area contributed by atoms with Crippen LogP contribution in [0.3, 0.4) is 0 Å². The van der Waals surface area contributed by atoms with Crippen LogP contribution in [0, 0.1) is 5.82 Å². The minimum atomic E-state index is -0.329. The number of halogens is 1. The smallest absolute Gasteiger partial charge is 0.231 e. The lowest BCUT2D eigenvalue weighted by Gasteiger charge is -2.14. The van der Waals surface area contributed by atoms with Gasteiger partial charge < -0.3 is 14.3 Å². The quantitative estimate of drug-likeness (QED) is 0.861. The van der Waals surface area contributed by atoms with Crippen molar-refractivity contribution in [1.29, 1.82) is 0 Å². The highest BCUT2D eigenvalue weighted by Crippen LogP contribution is 2.29. The first kappa shape index (κ1) is 16.4. The number of benzene rings is 1. The Kier molecular flexibility index (Phi) is 4.51. The third-order valence-corrected chi connectivity index (χ3v) is 4.32. The second kappa shape index (κ2) is 6.59. The van der Waals surface area contributed by atoms with Gasteiger partial charge in [-0.1, -0.05) is 12.1 Å². The van der Waals surface area contributed by atoms with E-state index in [0.29, 0.717) is 42.5 Å². The van der Waals surface area contributed by atoms with Gasteiger partial charge in [0.25, 0.3) is 0 Å². The highest BCUT2D eigenvalue weighted by Gasteiger charge is 2.30. The van der Waals surface area contributed by atoms with E-state index in [1.54, 1.807) is 31.1 Å². The number of aromatic nitrogens is 2. The number of amides is 1. The maximum absolute atomic E-state index is 14.1. The number of hydrogen-bond donors (Lipinski definition) is 0. The van der Waals surface area contributed by atoms with Crippen LogP contribution in [-0.4, -0.2) is 48.1 Å². The fourth-order valence-electron chi connectivity index (χ4n) is 2.94. The molecule has 128 valence electrons. The van der Waals surface area contributed by atoms with Gasteiger partial charge in [0.2, 0.25) is 17.6 Å². The summed E-state index contributed by atoms with van der Waals surface area (Å²) >= 11 is 0. The molecule has 3 rings (SSSR count). The van der Waals surface area contributed by atoms with Crippen molar-refractivity contribution in [2.45, 2.75) is 25.7 Å². The summed E-state index contributed by atoms with van der Waals surface area (Å²) < 4.78 is 19.5. The first-order valence-electron chi connectivity index (χ1n) is 8.08. The Bertz CT molecular complexity index is 744. The number of likely N-dealkylation sites (tertiary alicyclic amines) is 1. The monoisotopic (exact) mass is 332 g/mol. The summed E-state index contributed by atoms with van der Waals surface area (Å²) in [5, 5.41) is 3.97. The maximum atomic E-state index is 14.1. The van der Waals surface area contributed by atoms with Crippen LogP contribution in [0.2, 0.25) is 0 Å². The molecule has 0 bridgehead atoms. The van der Waals surface area contributed by atoms with Gasteiger partial charge in [0.1, 0.15) is 5.82 Å². The van der Waals surface area contributed by atoms with Crippen molar-refractivity contribution < 1.29 is 13.7 Å². The van der Waals surface area contributed by atoms with E-state index >= 15 is 0 Å². The molecule has 7 heteroatoms. The molecule has 1 aromatic carbocycles. The lowest BCUT2D eigenvalue weighted by Crippen LogP contribution is -2.27. The lowest BCUT2D eigenvalue weighted by atomic mass is 10.1. The first-order valence-corrected chi connectivity index (χ1v) is 8.08. The van der Waals surface area contributed by atoms with Crippen molar-refractivity contribution in [2.75, 3.05) is 32.1 Å². The molecule has 1 atom stereocenters. The summed E-state index contributed by atoms with van der Waals surface area (Å²) in [7, 11) is 3.57. The third-order valence-electron chi connectivity index (χ3n) is 4.32. The van der Waals surface area contributed by atoms with Crippen LogP contribution in [-0.2, 0) is 4.79 Å².